The molecule has 0 aliphatic heterocycles. The molecule has 2 aromatic rings. The molecule has 5 nitrogen and oxygen atoms in total. The average molecular weight is 326 g/mol. The van der Waals surface area contributed by atoms with Crippen molar-refractivity contribution in [2.75, 3.05) is 30.4 Å². The molecular weight excluding hydrogens is 309 g/mol. The highest BCUT2D eigenvalue weighted by molar-refractivity contribution is 6.35. The monoisotopic (exact) mass is 325 g/mol. The first kappa shape index (κ1) is 15.8. The maximum absolute atomic E-state index is 6.23. The van der Waals surface area contributed by atoms with Crippen molar-refractivity contribution in [2.24, 2.45) is 0 Å². The predicted octanol–water partition coefficient (Wildman–Crippen LogP) is 3.73. The number of hydrogen-bond donors (Lipinski definition) is 1. The quantitative estimate of drug-likeness (QED) is 0.907. The van der Waals surface area contributed by atoms with Gasteiger partial charge in [0.25, 0.3) is 0 Å². The second kappa shape index (κ2) is 6.91. The van der Waals surface area contributed by atoms with E-state index in [2.05, 4.69) is 34.1 Å². The van der Waals surface area contributed by atoms with Crippen molar-refractivity contribution in [2.45, 2.75) is 13.8 Å². The summed E-state index contributed by atoms with van der Waals surface area (Å²) in [5.74, 6) is 1.62. The number of nitrogens with zero attached hydrogens (tertiary/aromatic N) is 4. The molecule has 0 aliphatic rings. The zero-order valence-electron chi connectivity index (χ0n) is 12.2. The van der Waals surface area contributed by atoms with Gasteiger partial charge >= 0.3 is 0 Å². The van der Waals surface area contributed by atoms with Gasteiger partial charge in [0.15, 0.2) is 5.82 Å². The molecule has 0 saturated carbocycles. The van der Waals surface area contributed by atoms with Crippen LogP contribution in [-0.2, 0) is 0 Å². The molecule has 1 N–H and O–H groups in total. The fourth-order valence-corrected chi connectivity index (χ4v) is 2.29. The van der Waals surface area contributed by atoms with Crippen LogP contribution in [-0.4, -0.2) is 35.1 Å². The third kappa shape index (κ3) is 3.54. The standard InChI is InChI=1S/C14H17Cl2N5/c1-4-21(5-2)14-19-12(18-13(17-3)20-14)10-8-9(15)6-7-11(10)16/h6-8H,4-5H2,1-3H3,(H,17,18,19,20). The molecule has 1 aromatic carbocycles. The van der Waals surface area contributed by atoms with Gasteiger partial charge in [-0.1, -0.05) is 23.2 Å². The van der Waals surface area contributed by atoms with E-state index in [1.165, 1.54) is 0 Å². The summed E-state index contributed by atoms with van der Waals surface area (Å²) in [6.07, 6.45) is 0. The van der Waals surface area contributed by atoms with Crippen LogP contribution in [0.1, 0.15) is 13.8 Å². The minimum atomic E-state index is 0.498. The van der Waals surface area contributed by atoms with Crippen LogP contribution >= 0.6 is 23.2 Å². The van der Waals surface area contributed by atoms with Crippen molar-refractivity contribution in [3.63, 3.8) is 0 Å². The van der Waals surface area contributed by atoms with Crippen molar-refractivity contribution in [1.82, 2.24) is 15.0 Å². The smallest absolute Gasteiger partial charge is 0.230 e. The lowest BCUT2D eigenvalue weighted by molar-refractivity contribution is 0.815. The number of halogens is 2. The third-order valence-corrected chi connectivity index (χ3v) is 3.63. The van der Waals surface area contributed by atoms with Crippen molar-refractivity contribution < 1.29 is 0 Å². The van der Waals surface area contributed by atoms with E-state index >= 15 is 0 Å². The fraction of sp³-hybridized carbons (Fsp3) is 0.357. The van der Waals surface area contributed by atoms with Gasteiger partial charge in [0.1, 0.15) is 0 Å². The number of hydrogen-bond acceptors (Lipinski definition) is 5. The van der Waals surface area contributed by atoms with E-state index in [0.29, 0.717) is 33.3 Å². The molecule has 0 atom stereocenters. The van der Waals surface area contributed by atoms with Crippen LogP contribution in [0.4, 0.5) is 11.9 Å². The molecule has 0 radical (unpaired) electrons. The van der Waals surface area contributed by atoms with Crippen molar-refractivity contribution in [1.29, 1.82) is 0 Å². The number of anilines is 2. The molecule has 0 bridgehead atoms. The summed E-state index contributed by atoms with van der Waals surface area (Å²) in [5.41, 5.74) is 0.691. The molecule has 2 rings (SSSR count). The normalized spacial score (nSPS) is 10.5. The highest BCUT2D eigenvalue weighted by Crippen LogP contribution is 2.29. The first-order valence-corrected chi connectivity index (χ1v) is 7.48. The lowest BCUT2D eigenvalue weighted by Gasteiger charge is -2.19. The van der Waals surface area contributed by atoms with E-state index in [-0.39, 0.29) is 0 Å². The Labute approximate surface area is 134 Å². The summed E-state index contributed by atoms with van der Waals surface area (Å²) in [5, 5.41) is 4.09. The summed E-state index contributed by atoms with van der Waals surface area (Å²) >= 11 is 12.3. The van der Waals surface area contributed by atoms with Crippen molar-refractivity contribution in [3.05, 3.63) is 28.2 Å². The Bertz CT molecular complexity index is 629. The van der Waals surface area contributed by atoms with Gasteiger partial charge in [-0.2, -0.15) is 15.0 Å². The highest BCUT2D eigenvalue weighted by atomic mass is 35.5. The Morgan fingerprint density at radius 3 is 2.43 bits per heavy atom. The van der Waals surface area contributed by atoms with Crippen LogP contribution < -0.4 is 10.2 Å². The topological polar surface area (TPSA) is 53.9 Å². The van der Waals surface area contributed by atoms with Crippen LogP contribution in [0.15, 0.2) is 18.2 Å². The molecule has 1 heterocycles. The Kier molecular flexibility index (Phi) is 5.20. The van der Waals surface area contributed by atoms with Gasteiger partial charge in [0.05, 0.1) is 5.02 Å². The average Bonchev–Trinajstić information content (AvgIpc) is 2.50. The minimum absolute atomic E-state index is 0.498. The highest BCUT2D eigenvalue weighted by Gasteiger charge is 2.14. The fourth-order valence-electron chi connectivity index (χ4n) is 1.91. The Balaban J connectivity index is 2.57. The molecule has 7 heteroatoms. The lowest BCUT2D eigenvalue weighted by Crippen LogP contribution is -2.25. The SMILES string of the molecule is CCN(CC)c1nc(NC)nc(-c2cc(Cl)ccc2Cl)n1. The van der Waals surface area contributed by atoms with Gasteiger partial charge in [-0.25, -0.2) is 0 Å². The number of nitrogens with one attached hydrogen (secondary N) is 1. The predicted molar refractivity (Wildman–Crippen MR) is 88.4 cm³/mol. The summed E-state index contributed by atoms with van der Waals surface area (Å²) in [6.45, 7) is 5.73. The Morgan fingerprint density at radius 1 is 1.10 bits per heavy atom. The second-order valence-electron chi connectivity index (χ2n) is 4.33. The van der Waals surface area contributed by atoms with E-state index < -0.39 is 0 Å². The van der Waals surface area contributed by atoms with Crippen LogP contribution in [0.2, 0.25) is 10.0 Å². The van der Waals surface area contributed by atoms with Gasteiger partial charge < -0.3 is 10.2 Å². The molecule has 0 spiro atoms. The zero-order chi connectivity index (χ0) is 15.4. The van der Waals surface area contributed by atoms with Crippen molar-refractivity contribution >= 4 is 35.1 Å². The molecular formula is C14H17Cl2N5. The largest absolute Gasteiger partial charge is 0.357 e. The number of benzene rings is 1. The molecule has 112 valence electrons. The van der Waals surface area contributed by atoms with Gasteiger partial charge in [-0.05, 0) is 32.0 Å². The zero-order valence-corrected chi connectivity index (χ0v) is 13.7. The molecule has 0 saturated heterocycles. The molecule has 0 fully saturated rings. The van der Waals surface area contributed by atoms with E-state index in [1.54, 1.807) is 25.2 Å². The Hall–Kier alpha value is -1.59. The molecule has 21 heavy (non-hydrogen) atoms. The van der Waals surface area contributed by atoms with E-state index in [1.807, 2.05) is 4.90 Å². The first-order chi connectivity index (χ1) is 10.1. The van der Waals surface area contributed by atoms with Gasteiger partial charge in [-0.3, -0.25) is 0 Å². The maximum Gasteiger partial charge on any atom is 0.230 e. The molecule has 0 unspecified atom stereocenters. The van der Waals surface area contributed by atoms with E-state index in [0.717, 1.165) is 13.1 Å². The van der Waals surface area contributed by atoms with Crippen molar-refractivity contribution in [3.8, 4) is 11.4 Å². The number of rotatable bonds is 5. The Morgan fingerprint density at radius 2 is 1.81 bits per heavy atom. The first-order valence-electron chi connectivity index (χ1n) is 6.73. The van der Waals surface area contributed by atoms with Gasteiger partial charge in [0, 0.05) is 30.7 Å². The van der Waals surface area contributed by atoms with E-state index in [4.69, 9.17) is 23.2 Å². The van der Waals surface area contributed by atoms with Crippen LogP contribution in [0.5, 0.6) is 0 Å². The van der Waals surface area contributed by atoms with Crippen LogP contribution in [0.25, 0.3) is 11.4 Å². The third-order valence-electron chi connectivity index (χ3n) is 3.06. The molecule has 0 aliphatic carbocycles. The summed E-state index contributed by atoms with van der Waals surface area (Å²) in [6, 6.07) is 5.22. The summed E-state index contributed by atoms with van der Waals surface area (Å²) < 4.78 is 0. The van der Waals surface area contributed by atoms with Crippen LogP contribution in [0.3, 0.4) is 0 Å². The maximum atomic E-state index is 6.23. The van der Waals surface area contributed by atoms with Gasteiger partial charge in [0.2, 0.25) is 11.9 Å². The summed E-state index contributed by atoms with van der Waals surface area (Å²) in [7, 11) is 1.77. The van der Waals surface area contributed by atoms with Gasteiger partial charge in [-0.15, -0.1) is 0 Å². The second-order valence-corrected chi connectivity index (χ2v) is 5.17. The minimum Gasteiger partial charge on any atom is -0.357 e. The lowest BCUT2D eigenvalue weighted by atomic mass is 10.2. The summed E-state index contributed by atoms with van der Waals surface area (Å²) in [4.78, 5) is 15.3. The molecule has 1 aromatic heterocycles. The van der Waals surface area contributed by atoms with E-state index in [9.17, 15) is 0 Å². The molecule has 0 amide bonds. The number of aromatic nitrogens is 3. The van der Waals surface area contributed by atoms with Crippen LogP contribution in [0, 0.1) is 0 Å².